The van der Waals surface area contributed by atoms with Crippen LogP contribution in [0.5, 0.6) is 0 Å². The zero-order valence-corrected chi connectivity index (χ0v) is 11.5. The lowest BCUT2D eigenvalue weighted by Crippen LogP contribution is -2.35. The topological polar surface area (TPSA) is 72.6 Å². The first-order valence-corrected chi connectivity index (χ1v) is 7.07. The summed E-state index contributed by atoms with van der Waals surface area (Å²) in [5.74, 6) is 0.972. The lowest BCUT2D eigenvalue weighted by molar-refractivity contribution is 0.365. The molecule has 3 aromatic heterocycles. The highest BCUT2D eigenvalue weighted by Crippen LogP contribution is 2.25. The summed E-state index contributed by atoms with van der Waals surface area (Å²) in [7, 11) is 0. The van der Waals surface area contributed by atoms with Crippen LogP contribution in [-0.2, 0) is 0 Å². The van der Waals surface area contributed by atoms with E-state index < -0.39 is 0 Å². The number of pyridine rings is 1. The van der Waals surface area contributed by atoms with Crippen molar-refractivity contribution in [2.45, 2.75) is 18.9 Å². The third-order valence-corrected chi connectivity index (χ3v) is 3.92. The molecule has 0 radical (unpaired) electrons. The molecular formula is C14H15N7. The van der Waals surface area contributed by atoms with Gasteiger partial charge in [-0.1, -0.05) is 0 Å². The minimum absolute atomic E-state index is 0.434. The molecule has 1 aliphatic heterocycles. The third kappa shape index (κ3) is 2.31. The quantitative estimate of drug-likeness (QED) is 0.708. The molecule has 1 fully saturated rings. The molecule has 106 valence electrons. The van der Waals surface area contributed by atoms with Crippen molar-refractivity contribution in [3.8, 4) is 0 Å². The van der Waals surface area contributed by atoms with Crippen molar-refractivity contribution in [3.63, 3.8) is 0 Å². The van der Waals surface area contributed by atoms with Crippen molar-refractivity contribution in [3.05, 3.63) is 37.2 Å². The summed E-state index contributed by atoms with van der Waals surface area (Å²) in [6.07, 6.45) is 8.84. The van der Waals surface area contributed by atoms with Crippen LogP contribution in [0, 0.1) is 0 Å². The zero-order chi connectivity index (χ0) is 14.1. The Morgan fingerprint density at radius 3 is 2.71 bits per heavy atom. The summed E-state index contributed by atoms with van der Waals surface area (Å²) >= 11 is 0. The predicted molar refractivity (Wildman–Crippen MR) is 77.8 cm³/mol. The van der Waals surface area contributed by atoms with Crippen LogP contribution in [0.2, 0.25) is 0 Å². The van der Waals surface area contributed by atoms with Gasteiger partial charge in [-0.25, -0.2) is 19.6 Å². The number of anilines is 1. The fourth-order valence-corrected chi connectivity index (χ4v) is 2.79. The number of aromatic nitrogens is 6. The second-order valence-electron chi connectivity index (χ2n) is 5.16. The van der Waals surface area contributed by atoms with E-state index in [0.717, 1.165) is 37.3 Å². The summed E-state index contributed by atoms with van der Waals surface area (Å²) < 4.78 is 1.95. The molecular weight excluding hydrogens is 266 g/mol. The summed E-state index contributed by atoms with van der Waals surface area (Å²) in [6.45, 7) is 1.92. The molecule has 0 spiro atoms. The molecule has 0 amide bonds. The Labute approximate surface area is 121 Å². The highest BCUT2D eigenvalue weighted by molar-refractivity contribution is 5.71. The maximum Gasteiger partial charge on any atom is 0.180 e. The van der Waals surface area contributed by atoms with E-state index >= 15 is 0 Å². The molecule has 0 unspecified atom stereocenters. The summed E-state index contributed by atoms with van der Waals surface area (Å²) in [5.41, 5.74) is 1.53. The monoisotopic (exact) mass is 281 g/mol. The van der Waals surface area contributed by atoms with Crippen molar-refractivity contribution >= 4 is 17.0 Å². The fourth-order valence-electron chi connectivity index (χ4n) is 2.79. The van der Waals surface area contributed by atoms with Crippen LogP contribution in [0.4, 0.5) is 5.82 Å². The molecule has 7 heteroatoms. The van der Waals surface area contributed by atoms with Gasteiger partial charge in [-0.3, -0.25) is 4.98 Å². The van der Waals surface area contributed by atoms with Crippen LogP contribution >= 0.6 is 0 Å². The predicted octanol–water partition coefficient (Wildman–Crippen LogP) is 1.46. The first-order chi connectivity index (χ1) is 10.4. The van der Waals surface area contributed by atoms with Gasteiger partial charge in [0.2, 0.25) is 0 Å². The molecule has 0 atom stereocenters. The first-order valence-electron chi connectivity index (χ1n) is 7.07. The first kappa shape index (κ1) is 12.2. The molecule has 0 saturated carbocycles. The molecule has 1 aliphatic rings. The zero-order valence-electron chi connectivity index (χ0n) is 11.5. The number of piperidine rings is 1. The number of hydrogen-bond donors (Lipinski definition) is 0. The SMILES string of the molecule is c1cnc2nc(N3CCC(n4cncn4)CC3)ccc2n1. The van der Waals surface area contributed by atoms with E-state index in [4.69, 9.17) is 0 Å². The minimum Gasteiger partial charge on any atom is -0.356 e. The maximum atomic E-state index is 4.60. The molecule has 1 saturated heterocycles. The summed E-state index contributed by atoms with van der Waals surface area (Å²) in [6, 6.07) is 4.44. The molecule has 3 aromatic rings. The van der Waals surface area contributed by atoms with E-state index in [9.17, 15) is 0 Å². The highest BCUT2D eigenvalue weighted by atomic mass is 15.3. The molecule has 7 nitrogen and oxygen atoms in total. The second-order valence-corrected chi connectivity index (χ2v) is 5.16. The van der Waals surface area contributed by atoms with Gasteiger partial charge >= 0.3 is 0 Å². The van der Waals surface area contributed by atoms with Gasteiger partial charge in [0.25, 0.3) is 0 Å². The van der Waals surface area contributed by atoms with E-state index in [1.54, 1.807) is 25.0 Å². The maximum absolute atomic E-state index is 4.60. The van der Waals surface area contributed by atoms with Gasteiger partial charge in [-0.05, 0) is 25.0 Å². The number of hydrogen-bond acceptors (Lipinski definition) is 6. The number of rotatable bonds is 2. The number of fused-ring (bicyclic) bond motifs is 1. The Morgan fingerprint density at radius 2 is 1.90 bits per heavy atom. The van der Waals surface area contributed by atoms with Crippen LogP contribution < -0.4 is 4.90 Å². The van der Waals surface area contributed by atoms with E-state index in [1.807, 2.05) is 16.8 Å². The molecule has 21 heavy (non-hydrogen) atoms. The Morgan fingerprint density at radius 1 is 1.05 bits per heavy atom. The standard InChI is InChI=1S/C14H15N7/c1-2-13(19-14-12(1)16-5-6-17-14)20-7-3-11(4-8-20)21-10-15-9-18-21/h1-2,5-6,9-11H,3-4,7-8H2. The highest BCUT2D eigenvalue weighted by Gasteiger charge is 2.22. The minimum atomic E-state index is 0.434. The van der Waals surface area contributed by atoms with E-state index in [2.05, 4.69) is 29.9 Å². The average Bonchev–Trinajstić information content (AvgIpc) is 3.09. The fraction of sp³-hybridized carbons (Fsp3) is 0.357. The third-order valence-electron chi connectivity index (χ3n) is 3.92. The summed E-state index contributed by atoms with van der Waals surface area (Å²) in [4.78, 5) is 19.4. The molecule has 0 N–H and O–H groups in total. The van der Waals surface area contributed by atoms with E-state index in [1.165, 1.54) is 0 Å². The van der Waals surface area contributed by atoms with Crippen molar-refractivity contribution in [1.82, 2.24) is 29.7 Å². The second kappa shape index (κ2) is 5.08. The normalized spacial score (nSPS) is 16.5. The average molecular weight is 281 g/mol. The van der Waals surface area contributed by atoms with Gasteiger partial charge in [-0.2, -0.15) is 5.10 Å². The Balaban J connectivity index is 1.52. The van der Waals surface area contributed by atoms with Crippen molar-refractivity contribution in [1.29, 1.82) is 0 Å². The van der Waals surface area contributed by atoms with Gasteiger partial charge in [0.15, 0.2) is 5.65 Å². The molecule has 0 aliphatic carbocycles. The Bertz CT molecular complexity index is 732. The van der Waals surface area contributed by atoms with E-state index in [-0.39, 0.29) is 0 Å². The van der Waals surface area contributed by atoms with Gasteiger partial charge < -0.3 is 4.90 Å². The van der Waals surface area contributed by atoms with Crippen molar-refractivity contribution < 1.29 is 0 Å². The van der Waals surface area contributed by atoms with Crippen LogP contribution in [0.3, 0.4) is 0 Å². The largest absolute Gasteiger partial charge is 0.356 e. The summed E-state index contributed by atoms with van der Waals surface area (Å²) in [5, 5.41) is 4.23. The van der Waals surface area contributed by atoms with Gasteiger partial charge in [0.05, 0.1) is 6.04 Å². The molecule has 4 heterocycles. The van der Waals surface area contributed by atoms with Crippen LogP contribution in [0.15, 0.2) is 37.2 Å². The lowest BCUT2D eigenvalue weighted by atomic mass is 10.1. The van der Waals surface area contributed by atoms with Crippen molar-refractivity contribution in [2.24, 2.45) is 0 Å². The van der Waals surface area contributed by atoms with Crippen LogP contribution in [0.1, 0.15) is 18.9 Å². The molecule has 0 aromatic carbocycles. The van der Waals surface area contributed by atoms with Gasteiger partial charge in [-0.15, -0.1) is 0 Å². The smallest absolute Gasteiger partial charge is 0.180 e. The van der Waals surface area contributed by atoms with Gasteiger partial charge in [0.1, 0.15) is 24.0 Å². The molecule has 4 rings (SSSR count). The van der Waals surface area contributed by atoms with Gasteiger partial charge in [0, 0.05) is 25.5 Å². The Kier molecular flexibility index (Phi) is 2.95. The number of nitrogens with zero attached hydrogens (tertiary/aromatic N) is 7. The van der Waals surface area contributed by atoms with Crippen molar-refractivity contribution in [2.75, 3.05) is 18.0 Å². The lowest BCUT2D eigenvalue weighted by Gasteiger charge is -2.32. The van der Waals surface area contributed by atoms with E-state index in [0.29, 0.717) is 11.7 Å². The van der Waals surface area contributed by atoms with Crippen LogP contribution in [-0.4, -0.2) is 42.8 Å². The molecule has 0 bridgehead atoms. The van der Waals surface area contributed by atoms with Crippen LogP contribution in [0.25, 0.3) is 11.2 Å². The Hall–Kier alpha value is -2.57.